The van der Waals surface area contributed by atoms with E-state index in [4.69, 9.17) is 19.3 Å². The van der Waals surface area contributed by atoms with Crippen molar-refractivity contribution < 1.29 is 28.9 Å². The van der Waals surface area contributed by atoms with Gasteiger partial charge in [0.25, 0.3) is 0 Å². The topological polar surface area (TPSA) is 82.1 Å². The second-order valence-electron chi connectivity index (χ2n) is 4.72. The highest BCUT2D eigenvalue weighted by Gasteiger charge is 2.13. The number of hydrogen-bond acceptors (Lipinski definition) is 5. The zero-order valence-electron chi connectivity index (χ0n) is 12.0. The number of aliphatic carboxylic acids is 1. The van der Waals surface area contributed by atoms with Crippen molar-refractivity contribution in [3.05, 3.63) is 0 Å². The molecular formula is C13H24O6. The molecule has 0 fully saturated rings. The summed E-state index contributed by atoms with van der Waals surface area (Å²) in [6.07, 6.45) is -0.667. The highest BCUT2D eigenvalue weighted by Crippen LogP contribution is 2.02. The molecule has 0 saturated carbocycles. The highest BCUT2D eigenvalue weighted by atomic mass is 16.6. The van der Waals surface area contributed by atoms with Gasteiger partial charge >= 0.3 is 11.9 Å². The van der Waals surface area contributed by atoms with Crippen molar-refractivity contribution in [3.8, 4) is 0 Å². The molecule has 0 aliphatic rings. The Balaban J connectivity index is 3.70. The SMILES string of the molecule is CC(C)OCC(C)OCC(C)OC(=O)CCC(=O)O. The molecule has 2 unspecified atom stereocenters. The molecule has 0 radical (unpaired) electrons. The van der Waals surface area contributed by atoms with Crippen LogP contribution in [-0.4, -0.2) is 48.6 Å². The van der Waals surface area contributed by atoms with Crippen LogP contribution in [0.2, 0.25) is 0 Å². The van der Waals surface area contributed by atoms with Gasteiger partial charge in [0.05, 0.1) is 38.3 Å². The molecule has 0 aromatic rings. The van der Waals surface area contributed by atoms with Crippen LogP contribution in [0.5, 0.6) is 0 Å². The van der Waals surface area contributed by atoms with E-state index in [1.807, 2.05) is 20.8 Å². The quantitative estimate of drug-likeness (QED) is 0.610. The first-order valence-electron chi connectivity index (χ1n) is 6.45. The number of ether oxygens (including phenoxy) is 3. The van der Waals surface area contributed by atoms with Crippen LogP contribution in [0.1, 0.15) is 40.5 Å². The Bertz CT molecular complexity index is 276. The summed E-state index contributed by atoms with van der Waals surface area (Å²) >= 11 is 0. The predicted octanol–water partition coefficient (Wildman–Crippen LogP) is 1.61. The lowest BCUT2D eigenvalue weighted by molar-refractivity contribution is -0.155. The number of rotatable bonds is 10. The third kappa shape index (κ3) is 11.7. The molecule has 6 nitrogen and oxygen atoms in total. The molecule has 0 aliphatic heterocycles. The summed E-state index contributed by atoms with van der Waals surface area (Å²) in [6, 6.07) is 0. The first-order valence-corrected chi connectivity index (χ1v) is 6.45. The summed E-state index contributed by atoms with van der Waals surface area (Å²) in [7, 11) is 0. The van der Waals surface area contributed by atoms with Gasteiger partial charge in [-0.25, -0.2) is 0 Å². The van der Waals surface area contributed by atoms with Gasteiger partial charge in [0.2, 0.25) is 0 Å². The first kappa shape index (κ1) is 17.9. The van der Waals surface area contributed by atoms with Crippen LogP contribution in [0.3, 0.4) is 0 Å². The largest absolute Gasteiger partial charge is 0.481 e. The van der Waals surface area contributed by atoms with Gasteiger partial charge in [-0.15, -0.1) is 0 Å². The van der Waals surface area contributed by atoms with E-state index in [1.54, 1.807) is 6.92 Å². The molecule has 0 aliphatic carbocycles. The van der Waals surface area contributed by atoms with Crippen molar-refractivity contribution in [1.82, 2.24) is 0 Å². The molecule has 0 amide bonds. The molecule has 0 bridgehead atoms. The van der Waals surface area contributed by atoms with Crippen molar-refractivity contribution in [3.63, 3.8) is 0 Å². The first-order chi connectivity index (χ1) is 8.81. The summed E-state index contributed by atoms with van der Waals surface area (Å²) in [6.45, 7) is 8.22. The van der Waals surface area contributed by atoms with Crippen molar-refractivity contribution in [2.24, 2.45) is 0 Å². The van der Waals surface area contributed by atoms with Crippen LogP contribution in [0.4, 0.5) is 0 Å². The van der Waals surface area contributed by atoms with Gasteiger partial charge in [-0.05, 0) is 27.7 Å². The Morgan fingerprint density at radius 1 is 0.947 bits per heavy atom. The minimum atomic E-state index is -1.01. The van der Waals surface area contributed by atoms with Crippen molar-refractivity contribution in [1.29, 1.82) is 0 Å². The predicted molar refractivity (Wildman–Crippen MR) is 68.9 cm³/mol. The average Bonchev–Trinajstić information content (AvgIpc) is 2.31. The Labute approximate surface area is 114 Å². The fraction of sp³-hybridized carbons (Fsp3) is 0.846. The van der Waals surface area contributed by atoms with Crippen LogP contribution >= 0.6 is 0 Å². The van der Waals surface area contributed by atoms with Crippen LogP contribution in [-0.2, 0) is 23.8 Å². The van der Waals surface area contributed by atoms with E-state index in [9.17, 15) is 9.59 Å². The number of carbonyl (C=O) groups excluding carboxylic acids is 1. The Hall–Kier alpha value is -1.14. The van der Waals surface area contributed by atoms with Gasteiger partial charge in [0.1, 0.15) is 6.10 Å². The van der Waals surface area contributed by atoms with Crippen LogP contribution in [0.25, 0.3) is 0 Å². The van der Waals surface area contributed by atoms with E-state index in [0.29, 0.717) is 6.61 Å². The second kappa shape index (κ2) is 9.75. The Morgan fingerprint density at radius 3 is 2.05 bits per heavy atom. The summed E-state index contributed by atoms with van der Waals surface area (Å²) in [5, 5.41) is 8.43. The molecule has 0 heterocycles. The third-order valence-corrected chi connectivity index (χ3v) is 2.16. The van der Waals surface area contributed by atoms with E-state index >= 15 is 0 Å². The van der Waals surface area contributed by atoms with E-state index in [2.05, 4.69) is 0 Å². The zero-order valence-corrected chi connectivity index (χ0v) is 12.0. The maximum Gasteiger partial charge on any atom is 0.306 e. The number of esters is 1. The lowest BCUT2D eigenvalue weighted by Crippen LogP contribution is -2.26. The monoisotopic (exact) mass is 276 g/mol. The molecule has 0 spiro atoms. The number of carboxylic acid groups (broad SMARTS) is 1. The van der Waals surface area contributed by atoms with Crippen molar-refractivity contribution >= 4 is 11.9 Å². The zero-order chi connectivity index (χ0) is 14.8. The molecule has 0 aromatic carbocycles. The third-order valence-electron chi connectivity index (χ3n) is 2.16. The van der Waals surface area contributed by atoms with Crippen molar-refractivity contribution in [2.45, 2.75) is 58.8 Å². The minimum Gasteiger partial charge on any atom is -0.481 e. The van der Waals surface area contributed by atoms with Crippen LogP contribution in [0, 0.1) is 0 Å². The lowest BCUT2D eigenvalue weighted by atomic mass is 10.3. The molecule has 0 aromatic heterocycles. The van der Waals surface area contributed by atoms with Gasteiger partial charge in [-0.1, -0.05) is 0 Å². The van der Waals surface area contributed by atoms with Crippen LogP contribution < -0.4 is 0 Å². The van der Waals surface area contributed by atoms with E-state index in [-0.39, 0.29) is 31.7 Å². The highest BCUT2D eigenvalue weighted by molar-refractivity contribution is 5.76. The molecule has 2 atom stereocenters. The normalized spacial score (nSPS) is 14.2. The molecular weight excluding hydrogens is 252 g/mol. The van der Waals surface area contributed by atoms with Gasteiger partial charge in [-0.2, -0.15) is 0 Å². The van der Waals surface area contributed by atoms with E-state index < -0.39 is 18.0 Å². The van der Waals surface area contributed by atoms with Gasteiger partial charge in [0, 0.05) is 0 Å². The van der Waals surface area contributed by atoms with Crippen molar-refractivity contribution in [2.75, 3.05) is 13.2 Å². The lowest BCUT2D eigenvalue weighted by Gasteiger charge is -2.18. The summed E-state index contributed by atoms with van der Waals surface area (Å²) in [5.74, 6) is -1.54. The smallest absolute Gasteiger partial charge is 0.306 e. The van der Waals surface area contributed by atoms with Gasteiger partial charge < -0.3 is 19.3 Å². The fourth-order valence-electron chi connectivity index (χ4n) is 1.20. The van der Waals surface area contributed by atoms with E-state index in [1.165, 1.54) is 0 Å². The van der Waals surface area contributed by atoms with Crippen LogP contribution in [0.15, 0.2) is 0 Å². The second-order valence-corrected chi connectivity index (χ2v) is 4.72. The summed E-state index contributed by atoms with van der Waals surface area (Å²) in [4.78, 5) is 21.5. The van der Waals surface area contributed by atoms with E-state index in [0.717, 1.165) is 0 Å². The number of carbonyl (C=O) groups is 2. The fourth-order valence-corrected chi connectivity index (χ4v) is 1.20. The number of hydrogen-bond donors (Lipinski definition) is 1. The standard InChI is InChI=1S/C13H24O6/c1-9(2)17-7-10(3)18-8-11(4)19-13(16)6-5-12(14)15/h9-11H,5-8H2,1-4H3,(H,14,15). The molecule has 0 saturated heterocycles. The molecule has 19 heavy (non-hydrogen) atoms. The number of carboxylic acids is 1. The molecule has 0 rings (SSSR count). The molecule has 6 heteroatoms. The molecule has 1 N–H and O–H groups in total. The molecule has 112 valence electrons. The summed E-state index contributed by atoms with van der Waals surface area (Å²) in [5.41, 5.74) is 0. The maximum atomic E-state index is 11.3. The minimum absolute atomic E-state index is 0.0810. The maximum absolute atomic E-state index is 11.3. The average molecular weight is 276 g/mol. The van der Waals surface area contributed by atoms with Gasteiger partial charge in [0.15, 0.2) is 0 Å². The Kier molecular flexibility index (Phi) is 9.16. The summed E-state index contributed by atoms with van der Waals surface area (Å²) < 4.78 is 15.9. The van der Waals surface area contributed by atoms with Gasteiger partial charge in [-0.3, -0.25) is 9.59 Å². The Morgan fingerprint density at radius 2 is 1.53 bits per heavy atom.